The van der Waals surface area contributed by atoms with Crippen LogP contribution in [-0.2, 0) is 6.54 Å². The lowest BCUT2D eigenvalue weighted by molar-refractivity contribution is 0.781. The van der Waals surface area contributed by atoms with Crippen LogP contribution in [-0.4, -0.2) is 15.7 Å². The molecule has 0 radical (unpaired) electrons. The summed E-state index contributed by atoms with van der Waals surface area (Å²) >= 11 is 1.98. The van der Waals surface area contributed by atoms with Crippen LogP contribution in [0, 0.1) is 0 Å². The van der Waals surface area contributed by atoms with E-state index in [1.165, 1.54) is 18.6 Å². The van der Waals surface area contributed by atoms with E-state index in [0.717, 1.165) is 11.5 Å². The molecule has 3 nitrogen and oxygen atoms in total. The van der Waals surface area contributed by atoms with Gasteiger partial charge in [0.05, 0.1) is 12.2 Å². The molecule has 2 rings (SSSR count). The number of nitrogens with zero attached hydrogens (tertiary/aromatic N) is 2. The van der Waals surface area contributed by atoms with Gasteiger partial charge < -0.3 is 5.73 Å². The molecule has 78 valence electrons. The molecule has 1 unspecified atom stereocenters. The van der Waals surface area contributed by atoms with Crippen LogP contribution in [0.3, 0.4) is 0 Å². The van der Waals surface area contributed by atoms with E-state index in [1.807, 2.05) is 24.0 Å². The highest BCUT2D eigenvalue weighted by molar-refractivity contribution is 7.99. The van der Waals surface area contributed by atoms with Crippen LogP contribution in [0.4, 0.5) is 0 Å². The van der Waals surface area contributed by atoms with Crippen molar-refractivity contribution in [2.45, 2.75) is 24.6 Å². The number of rotatable bonds is 2. The molecule has 1 aliphatic heterocycles. The number of halogens is 1. The van der Waals surface area contributed by atoms with E-state index in [1.54, 1.807) is 0 Å². The van der Waals surface area contributed by atoms with Crippen molar-refractivity contribution in [3.05, 3.63) is 23.8 Å². The van der Waals surface area contributed by atoms with Crippen molar-refractivity contribution in [2.24, 2.45) is 5.73 Å². The molecular weight excluding hydrogens is 218 g/mol. The molecule has 0 saturated carbocycles. The van der Waals surface area contributed by atoms with Crippen molar-refractivity contribution >= 4 is 24.2 Å². The minimum absolute atomic E-state index is 0. The van der Waals surface area contributed by atoms with Crippen LogP contribution >= 0.6 is 24.2 Å². The van der Waals surface area contributed by atoms with Gasteiger partial charge in [-0.2, -0.15) is 11.8 Å². The third-order valence-corrected chi connectivity index (χ3v) is 3.57. The van der Waals surface area contributed by atoms with Crippen LogP contribution < -0.4 is 5.73 Å². The van der Waals surface area contributed by atoms with Crippen LogP contribution in [0.5, 0.6) is 0 Å². The molecule has 1 saturated heterocycles. The Hall–Kier alpha value is -0.320. The van der Waals surface area contributed by atoms with Gasteiger partial charge in [0.15, 0.2) is 0 Å². The average molecular weight is 232 g/mol. The Bertz CT molecular complexity index is 289. The zero-order valence-electron chi connectivity index (χ0n) is 7.85. The molecule has 1 aromatic heterocycles. The molecule has 2 heterocycles. The van der Waals surface area contributed by atoms with Gasteiger partial charge in [-0.25, -0.2) is 9.97 Å². The Morgan fingerprint density at radius 3 is 3.07 bits per heavy atom. The second-order valence-electron chi connectivity index (χ2n) is 3.10. The lowest BCUT2D eigenvalue weighted by Crippen LogP contribution is -2.05. The van der Waals surface area contributed by atoms with Gasteiger partial charge in [-0.15, -0.1) is 12.4 Å². The van der Waals surface area contributed by atoms with E-state index in [2.05, 4.69) is 9.97 Å². The average Bonchev–Trinajstić information content (AvgIpc) is 2.71. The standard InChI is InChI=1S/C9H13N3S.ClH/c10-6-9-11-4-3-7(12-9)8-2-1-5-13-8;/h3-4,8H,1-2,5-6,10H2;1H. The number of hydrogen-bond acceptors (Lipinski definition) is 4. The van der Waals surface area contributed by atoms with Gasteiger partial charge in [-0.1, -0.05) is 0 Å². The summed E-state index contributed by atoms with van der Waals surface area (Å²) in [7, 11) is 0. The third kappa shape index (κ3) is 2.59. The summed E-state index contributed by atoms with van der Waals surface area (Å²) in [6, 6.07) is 2.00. The molecule has 0 aromatic carbocycles. The lowest BCUT2D eigenvalue weighted by Gasteiger charge is -2.07. The highest BCUT2D eigenvalue weighted by Gasteiger charge is 2.18. The van der Waals surface area contributed by atoms with Crippen LogP contribution in [0.1, 0.15) is 29.6 Å². The number of thioether (sulfide) groups is 1. The Kier molecular flexibility index (Phi) is 4.65. The van der Waals surface area contributed by atoms with Crippen molar-refractivity contribution in [3.8, 4) is 0 Å². The summed E-state index contributed by atoms with van der Waals surface area (Å²) in [6.45, 7) is 0.436. The predicted octanol–water partition coefficient (Wildman–Crippen LogP) is 1.93. The van der Waals surface area contributed by atoms with Crippen molar-refractivity contribution in [1.82, 2.24) is 9.97 Å². The smallest absolute Gasteiger partial charge is 0.142 e. The topological polar surface area (TPSA) is 51.8 Å². The van der Waals surface area contributed by atoms with E-state index in [4.69, 9.17) is 5.73 Å². The SMILES string of the molecule is Cl.NCc1nccc(C2CCCS2)n1. The number of aromatic nitrogens is 2. The highest BCUT2D eigenvalue weighted by atomic mass is 35.5. The van der Waals surface area contributed by atoms with E-state index in [0.29, 0.717) is 11.8 Å². The zero-order valence-corrected chi connectivity index (χ0v) is 9.48. The quantitative estimate of drug-likeness (QED) is 0.845. The maximum Gasteiger partial charge on any atom is 0.142 e. The van der Waals surface area contributed by atoms with E-state index in [-0.39, 0.29) is 12.4 Å². The number of hydrogen-bond donors (Lipinski definition) is 1. The second kappa shape index (κ2) is 5.53. The normalized spacial score (nSPS) is 20.5. The van der Waals surface area contributed by atoms with Crippen molar-refractivity contribution in [2.75, 3.05) is 5.75 Å². The summed E-state index contributed by atoms with van der Waals surface area (Å²) in [6.07, 6.45) is 4.35. The fourth-order valence-electron chi connectivity index (χ4n) is 1.50. The van der Waals surface area contributed by atoms with Gasteiger partial charge in [0.2, 0.25) is 0 Å². The van der Waals surface area contributed by atoms with Crippen LogP contribution in [0.2, 0.25) is 0 Å². The van der Waals surface area contributed by atoms with Gasteiger partial charge in [0, 0.05) is 11.4 Å². The molecule has 14 heavy (non-hydrogen) atoms. The molecule has 1 fully saturated rings. The second-order valence-corrected chi connectivity index (χ2v) is 4.41. The third-order valence-electron chi connectivity index (χ3n) is 2.17. The van der Waals surface area contributed by atoms with Crippen LogP contribution in [0.15, 0.2) is 12.3 Å². The largest absolute Gasteiger partial charge is 0.324 e. The Labute approximate surface area is 94.3 Å². The molecule has 1 aliphatic rings. The first-order chi connectivity index (χ1) is 6.40. The molecular formula is C9H14ClN3S. The molecule has 0 amide bonds. The maximum absolute atomic E-state index is 5.49. The summed E-state index contributed by atoms with van der Waals surface area (Å²) in [4.78, 5) is 8.50. The number of nitrogens with two attached hydrogens (primary N) is 1. The van der Waals surface area contributed by atoms with Crippen molar-refractivity contribution in [3.63, 3.8) is 0 Å². The Balaban J connectivity index is 0.000000980. The minimum Gasteiger partial charge on any atom is -0.324 e. The van der Waals surface area contributed by atoms with E-state index < -0.39 is 0 Å². The summed E-state index contributed by atoms with van der Waals surface area (Å²) in [5.74, 6) is 2.01. The molecule has 0 aliphatic carbocycles. The molecule has 0 spiro atoms. The Morgan fingerprint density at radius 1 is 1.57 bits per heavy atom. The van der Waals surface area contributed by atoms with E-state index in [9.17, 15) is 0 Å². The predicted molar refractivity (Wildman–Crippen MR) is 61.6 cm³/mol. The fraction of sp³-hybridized carbons (Fsp3) is 0.556. The van der Waals surface area contributed by atoms with Crippen molar-refractivity contribution < 1.29 is 0 Å². The van der Waals surface area contributed by atoms with Crippen LogP contribution in [0.25, 0.3) is 0 Å². The zero-order chi connectivity index (χ0) is 9.10. The maximum atomic E-state index is 5.49. The molecule has 2 N–H and O–H groups in total. The van der Waals surface area contributed by atoms with E-state index >= 15 is 0 Å². The van der Waals surface area contributed by atoms with Gasteiger partial charge in [0.25, 0.3) is 0 Å². The molecule has 1 aromatic rings. The first-order valence-electron chi connectivity index (χ1n) is 4.53. The molecule has 5 heteroatoms. The summed E-state index contributed by atoms with van der Waals surface area (Å²) < 4.78 is 0. The summed E-state index contributed by atoms with van der Waals surface area (Å²) in [5, 5.41) is 0.577. The van der Waals surface area contributed by atoms with Gasteiger partial charge in [-0.05, 0) is 24.7 Å². The summed E-state index contributed by atoms with van der Waals surface area (Å²) in [5.41, 5.74) is 6.64. The van der Waals surface area contributed by atoms with Gasteiger partial charge >= 0.3 is 0 Å². The van der Waals surface area contributed by atoms with Crippen molar-refractivity contribution in [1.29, 1.82) is 0 Å². The first-order valence-corrected chi connectivity index (χ1v) is 5.58. The molecule has 1 atom stereocenters. The molecule has 0 bridgehead atoms. The monoisotopic (exact) mass is 231 g/mol. The Morgan fingerprint density at radius 2 is 2.43 bits per heavy atom. The minimum atomic E-state index is 0. The fourth-order valence-corrected chi connectivity index (χ4v) is 2.76. The van der Waals surface area contributed by atoms with Gasteiger partial charge in [-0.3, -0.25) is 0 Å². The lowest BCUT2D eigenvalue weighted by atomic mass is 10.2. The highest BCUT2D eigenvalue weighted by Crippen LogP contribution is 2.38. The van der Waals surface area contributed by atoms with Gasteiger partial charge in [0.1, 0.15) is 5.82 Å². The first kappa shape index (κ1) is 11.8.